The Morgan fingerprint density at radius 2 is 1.87 bits per heavy atom. The lowest BCUT2D eigenvalue weighted by Gasteiger charge is -2.17. The summed E-state index contributed by atoms with van der Waals surface area (Å²) in [6, 6.07) is 12.7. The van der Waals surface area contributed by atoms with Crippen molar-refractivity contribution in [2.24, 2.45) is 0 Å². The lowest BCUT2D eigenvalue weighted by molar-refractivity contribution is -0.116. The molecule has 2 aromatic rings. The third-order valence-electron chi connectivity index (χ3n) is 5.07. The second-order valence-corrected chi connectivity index (χ2v) is 7.32. The minimum Gasteiger partial charge on any atom is -0.490 e. The standard InChI is InChI=1S/C24H28F2N2O3/c1-2-30-22-15-18(9-11-21(22)31-24(25)26)10-12-23(29)27-16-19-7-3-4-8-20(19)17-28-13-5-6-14-28/h3-4,7-12,15,24H,2,5-6,13-14,16-17H2,1H3,(H,27,29). The number of carbonyl (C=O) groups excluding carboxylic acids is 1. The van der Waals surface area contributed by atoms with Crippen LogP contribution in [0.5, 0.6) is 11.5 Å². The predicted octanol–water partition coefficient (Wildman–Crippen LogP) is 4.61. The fraction of sp³-hybridized carbons (Fsp3) is 0.375. The number of ether oxygens (including phenoxy) is 2. The van der Waals surface area contributed by atoms with E-state index in [1.165, 1.54) is 30.5 Å². The quantitative estimate of drug-likeness (QED) is 0.559. The number of hydrogen-bond donors (Lipinski definition) is 1. The molecule has 2 aromatic carbocycles. The van der Waals surface area contributed by atoms with Gasteiger partial charge in [-0.3, -0.25) is 9.69 Å². The van der Waals surface area contributed by atoms with Gasteiger partial charge in [-0.2, -0.15) is 8.78 Å². The van der Waals surface area contributed by atoms with Crippen LogP contribution < -0.4 is 14.8 Å². The molecule has 1 heterocycles. The number of rotatable bonds is 10. The molecule has 166 valence electrons. The van der Waals surface area contributed by atoms with Gasteiger partial charge in [0.05, 0.1) is 6.61 Å². The maximum atomic E-state index is 12.5. The Kier molecular flexibility index (Phi) is 8.41. The summed E-state index contributed by atoms with van der Waals surface area (Å²) < 4.78 is 34.9. The fourth-order valence-electron chi connectivity index (χ4n) is 3.57. The van der Waals surface area contributed by atoms with Gasteiger partial charge in [0.25, 0.3) is 0 Å². The smallest absolute Gasteiger partial charge is 0.387 e. The third-order valence-corrected chi connectivity index (χ3v) is 5.07. The highest BCUT2D eigenvalue weighted by atomic mass is 19.3. The second-order valence-electron chi connectivity index (χ2n) is 7.32. The molecule has 0 aliphatic carbocycles. The number of hydrogen-bond acceptors (Lipinski definition) is 4. The highest BCUT2D eigenvalue weighted by molar-refractivity contribution is 5.91. The minimum absolute atomic E-state index is 0.0342. The first-order chi connectivity index (χ1) is 15.0. The van der Waals surface area contributed by atoms with Crippen LogP contribution in [0.3, 0.4) is 0 Å². The molecule has 0 unspecified atom stereocenters. The lowest BCUT2D eigenvalue weighted by Crippen LogP contribution is -2.23. The van der Waals surface area contributed by atoms with E-state index in [9.17, 15) is 13.6 Å². The van der Waals surface area contributed by atoms with Crippen molar-refractivity contribution in [3.05, 3.63) is 65.2 Å². The van der Waals surface area contributed by atoms with Crippen LogP contribution in [0.25, 0.3) is 6.08 Å². The van der Waals surface area contributed by atoms with Crippen LogP contribution in [-0.2, 0) is 17.9 Å². The average Bonchev–Trinajstić information content (AvgIpc) is 3.26. The Bertz CT molecular complexity index is 896. The summed E-state index contributed by atoms with van der Waals surface area (Å²) >= 11 is 0. The van der Waals surface area contributed by atoms with Gasteiger partial charge >= 0.3 is 6.61 Å². The highest BCUT2D eigenvalue weighted by Crippen LogP contribution is 2.30. The molecule has 0 aromatic heterocycles. The van der Waals surface area contributed by atoms with E-state index in [-0.39, 0.29) is 17.4 Å². The zero-order valence-corrected chi connectivity index (χ0v) is 17.7. The number of alkyl halides is 2. The van der Waals surface area contributed by atoms with Gasteiger partial charge in [0.2, 0.25) is 5.91 Å². The Hall–Kier alpha value is -2.93. The largest absolute Gasteiger partial charge is 0.490 e. The van der Waals surface area contributed by atoms with E-state index >= 15 is 0 Å². The number of likely N-dealkylation sites (tertiary alicyclic amines) is 1. The van der Waals surface area contributed by atoms with Crippen molar-refractivity contribution < 1.29 is 23.0 Å². The molecule has 7 heteroatoms. The summed E-state index contributed by atoms with van der Waals surface area (Å²) in [7, 11) is 0. The summed E-state index contributed by atoms with van der Waals surface area (Å²) in [4.78, 5) is 14.7. The van der Waals surface area contributed by atoms with Crippen molar-refractivity contribution in [2.45, 2.75) is 39.5 Å². The van der Waals surface area contributed by atoms with Crippen molar-refractivity contribution in [1.82, 2.24) is 10.2 Å². The Morgan fingerprint density at radius 1 is 1.13 bits per heavy atom. The zero-order valence-electron chi connectivity index (χ0n) is 17.7. The molecule has 5 nitrogen and oxygen atoms in total. The molecular weight excluding hydrogens is 402 g/mol. The SMILES string of the molecule is CCOc1cc(C=CC(=O)NCc2ccccc2CN2CCCC2)ccc1OC(F)F. The van der Waals surface area contributed by atoms with Crippen LogP contribution in [0, 0.1) is 0 Å². The van der Waals surface area contributed by atoms with Crippen molar-refractivity contribution in [3.8, 4) is 11.5 Å². The van der Waals surface area contributed by atoms with Crippen molar-refractivity contribution >= 4 is 12.0 Å². The van der Waals surface area contributed by atoms with Crippen LogP contribution in [0.4, 0.5) is 8.78 Å². The van der Waals surface area contributed by atoms with Crippen molar-refractivity contribution in [3.63, 3.8) is 0 Å². The zero-order chi connectivity index (χ0) is 22.1. The van der Waals surface area contributed by atoms with E-state index in [2.05, 4.69) is 21.0 Å². The molecule has 3 rings (SSSR count). The average molecular weight is 430 g/mol. The Labute approximate surface area is 181 Å². The molecule has 31 heavy (non-hydrogen) atoms. The topological polar surface area (TPSA) is 50.8 Å². The van der Waals surface area contributed by atoms with Crippen LogP contribution in [0.15, 0.2) is 48.5 Å². The van der Waals surface area contributed by atoms with E-state index in [1.54, 1.807) is 25.1 Å². The van der Waals surface area contributed by atoms with Crippen LogP contribution in [0.1, 0.15) is 36.5 Å². The van der Waals surface area contributed by atoms with Gasteiger partial charge in [-0.1, -0.05) is 30.3 Å². The summed E-state index contributed by atoms with van der Waals surface area (Å²) in [6.07, 6.45) is 5.51. The van der Waals surface area contributed by atoms with Crippen LogP contribution >= 0.6 is 0 Å². The summed E-state index contributed by atoms with van der Waals surface area (Å²) in [5, 5.41) is 2.91. The molecule has 1 fully saturated rings. The fourth-order valence-corrected chi connectivity index (χ4v) is 3.57. The van der Waals surface area contributed by atoms with Gasteiger partial charge in [0.15, 0.2) is 11.5 Å². The van der Waals surface area contributed by atoms with Crippen molar-refractivity contribution in [2.75, 3.05) is 19.7 Å². The van der Waals surface area contributed by atoms with Gasteiger partial charge in [0, 0.05) is 19.2 Å². The molecule has 0 spiro atoms. The van der Waals surface area contributed by atoms with E-state index in [0.29, 0.717) is 18.7 Å². The maximum Gasteiger partial charge on any atom is 0.387 e. The molecule has 1 saturated heterocycles. The third kappa shape index (κ3) is 7.07. The first-order valence-corrected chi connectivity index (χ1v) is 10.5. The molecular formula is C24H28F2N2O3. The normalized spacial score (nSPS) is 14.3. The number of nitrogens with zero attached hydrogens (tertiary/aromatic N) is 1. The first kappa shape index (κ1) is 22.7. The first-order valence-electron chi connectivity index (χ1n) is 10.5. The molecule has 0 atom stereocenters. The lowest BCUT2D eigenvalue weighted by atomic mass is 10.1. The van der Waals surface area contributed by atoms with E-state index in [0.717, 1.165) is 25.2 Å². The van der Waals surface area contributed by atoms with Gasteiger partial charge in [0.1, 0.15) is 0 Å². The van der Waals surface area contributed by atoms with Gasteiger partial charge in [-0.05, 0) is 67.8 Å². The summed E-state index contributed by atoms with van der Waals surface area (Å²) in [5.74, 6) is -0.0592. The van der Waals surface area contributed by atoms with E-state index in [4.69, 9.17) is 4.74 Å². The molecule has 1 aliphatic heterocycles. The van der Waals surface area contributed by atoms with Crippen LogP contribution in [-0.4, -0.2) is 37.1 Å². The maximum absolute atomic E-state index is 12.5. The van der Waals surface area contributed by atoms with Gasteiger partial charge in [-0.25, -0.2) is 0 Å². The highest BCUT2D eigenvalue weighted by Gasteiger charge is 2.14. The van der Waals surface area contributed by atoms with Gasteiger partial charge in [-0.15, -0.1) is 0 Å². The van der Waals surface area contributed by atoms with Crippen molar-refractivity contribution in [1.29, 1.82) is 0 Å². The van der Waals surface area contributed by atoms with E-state index < -0.39 is 6.61 Å². The second kappa shape index (κ2) is 11.5. The summed E-state index contributed by atoms with van der Waals surface area (Å²) in [6.45, 7) is 2.71. The molecule has 1 amide bonds. The molecule has 0 bridgehead atoms. The van der Waals surface area contributed by atoms with E-state index in [1.807, 2.05) is 18.2 Å². The number of benzene rings is 2. The molecule has 0 saturated carbocycles. The minimum atomic E-state index is -2.93. The van der Waals surface area contributed by atoms with Crippen LogP contribution in [0.2, 0.25) is 0 Å². The monoisotopic (exact) mass is 430 g/mol. The Balaban J connectivity index is 1.59. The number of carbonyl (C=O) groups is 1. The molecule has 1 N–H and O–H groups in total. The summed E-state index contributed by atoms with van der Waals surface area (Å²) in [5.41, 5.74) is 2.97. The number of amides is 1. The number of halogens is 2. The molecule has 0 radical (unpaired) electrons. The number of nitrogens with one attached hydrogen (secondary N) is 1. The Morgan fingerprint density at radius 3 is 2.58 bits per heavy atom. The van der Waals surface area contributed by atoms with Gasteiger partial charge < -0.3 is 14.8 Å². The molecule has 1 aliphatic rings. The predicted molar refractivity (Wildman–Crippen MR) is 116 cm³/mol.